The van der Waals surface area contributed by atoms with Crippen molar-refractivity contribution in [3.8, 4) is 11.8 Å². The molecule has 1 aromatic rings. The number of carbonyl (C=O) groups is 1. The van der Waals surface area contributed by atoms with E-state index in [1.165, 1.54) is 17.0 Å². The van der Waals surface area contributed by atoms with Crippen LogP contribution >= 0.6 is 0 Å². The molecule has 0 heterocycles. The zero-order valence-corrected chi connectivity index (χ0v) is 11.5. The molecule has 0 saturated heterocycles. The molecular weight excluding hydrogens is 259 g/mol. The van der Waals surface area contributed by atoms with Crippen LogP contribution in [0.15, 0.2) is 18.2 Å². The summed E-state index contributed by atoms with van der Waals surface area (Å²) in [6.45, 7) is 2.88. The van der Waals surface area contributed by atoms with E-state index in [1.54, 1.807) is 6.07 Å². The molecule has 1 amide bonds. The molecular formula is C15H19FN2O2. The van der Waals surface area contributed by atoms with Crippen LogP contribution in [0.4, 0.5) is 4.39 Å². The molecule has 5 heteroatoms. The number of hydrogen-bond donors (Lipinski definition) is 2. The molecule has 108 valence electrons. The van der Waals surface area contributed by atoms with Gasteiger partial charge in [0.25, 0.3) is 5.91 Å². The third-order valence-corrected chi connectivity index (χ3v) is 2.79. The predicted octanol–water partition coefficient (Wildman–Crippen LogP) is 0.980. The van der Waals surface area contributed by atoms with Crippen molar-refractivity contribution in [3.63, 3.8) is 0 Å². The molecule has 0 unspecified atom stereocenters. The van der Waals surface area contributed by atoms with E-state index >= 15 is 0 Å². The lowest BCUT2D eigenvalue weighted by atomic mass is 10.1. The fourth-order valence-electron chi connectivity index (χ4n) is 1.75. The highest BCUT2D eigenvalue weighted by Gasteiger charge is 2.17. The first-order chi connectivity index (χ1) is 9.63. The van der Waals surface area contributed by atoms with Crippen molar-refractivity contribution < 1.29 is 14.3 Å². The van der Waals surface area contributed by atoms with Crippen LogP contribution < -0.4 is 5.73 Å². The van der Waals surface area contributed by atoms with E-state index in [-0.39, 0.29) is 24.6 Å². The van der Waals surface area contributed by atoms with Gasteiger partial charge in [0.15, 0.2) is 0 Å². The van der Waals surface area contributed by atoms with Gasteiger partial charge in [-0.1, -0.05) is 11.8 Å². The summed E-state index contributed by atoms with van der Waals surface area (Å²) < 4.78 is 14.0. The highest BCUT2D eigenvalue weighted by Crippen LogP contribution is 2.13. The summed E-state index contributed by atoms with van der Waals surface area (Å²) in [7, 11) is 0. The van der Waals surface area contributed by atoms with Gasteiger partial charge in [0.2, 0.25) is 0 Å². The van der Waals surface area contributed by atoms with Gasteiger partial charge in [-0.15, -0.1) is 0 Å². The molecule has 4 nitrogen and oxygen atoms in total. The number of amides is 1. The molecule has 0 aliphatic rings. The fraction of sp³-hybridized carbons (Fsp3) is 0.400. The standard InChI is InChI=1S/C15H19FN2O2/c1-2-18(9-4-10-19)15(20)13-7-6-12(5-3-8-17)11-14(13)16/h6-7,11,19H,2,4,8-10,17H2,1H3. The molecule has 0 atom stereocenters. The van der Waals surface area contributed by atoms with E-state index in [0.717, 1.165) is 0 Å². The third kappa shape index (κ3) is 4.34. The van der Waals surface area contributed by atoms with Crippen molar-refractivity contribution in [1.29, 1.82) is 0 Å². The molecule has 0 bridgehead atoms. The number of carbonyl (C=O) groups excluding carboxylic acids is 1. The van der Waals surface area contributed by atoms with Gasteiger partial charge in [-0.2, -0.15) is 0 Å². The van der Waals surface area contributed by atoms with Gasteiger partial charge in [0.1, 0.15) is 5.82 Å². The van der Waals surface area contributed by atoms with Crippen molar-refractivity contribution >= 4 is 5.91 Å². The Morgan fingerprint density at radius 3 is 2.80 bits per heavy atom. The van der Waals surface area contributed by atoms with Gasteiger partial charge in [0, 0.05) is 25.3 Å². The summed E-state index contributed by atoms with van der Waals surface area (Å²) >= 11 is 0. The maximum Gasteiger partial charge on any atom is 0.256 e. The normalized spacial score (nSPS) is 9.80. The monoisotopic (exact) mass is 278 g/mol. The Balaban J connectivity index is 2.92. The van der Waals surface area contributed by atoms with Gasteiger partial charge >= 0.3 is 0 Å². The maximum absolute atomic E-state index is 14.0. The van der Waals surface area contributed by atoms with E-state index in [1.807, 2.05) is 6.92 Å². The fourth-order valence-corrected chi connectivity index (χ4v) is 1.75. The van der Waals surface area contributed by atoms with Gasteiger partial charge < -0.3 is 15.7 Å². The summed E-state index contributed by atoms with van der Waals surface area (Å²) in [5.41, 5.74) is 5.75. The van der Waals surface area contributed by atoms with E-state index < -0.39 is 5.82 Å². The SMILES string of the molecule is CCN(CCCO)C(=O)c1ccc(C#CCN)cc1F. The van der Waals surface area contributed by atoms with Crippen LogP contribution in [0.3, 0.4) is 0 Å². The van der Waals surface area contributed by atoms with E-state index in [9.17, 15) is 9.18 Å². The Morgan fingerprint density at radius 2 is 2.25 bits per heavy atom. The molecule has 0 saturated carbocycles. The number of nitrogens with two attached hydrogens (primary N) is 1. The Labute approximate surface area is 118 Å². The lowest BCUT2D eigenvalue weighted by Crippen LogP contribution is -2.32. The average Bonchev–Trinajstić information content (AvgIpc) is 2.45. The van der Waals surface area contributed by atoms with Crippen molar-refractivity contribution in [2.45, 2.75) is 13.3 Å². The lowest BCUT2D eigenvalue weighted by molar-refractivity contribution is 0.0749. The molecule has 3 N–H and O–H groups in total. The zero-order valence-electron chi connectivity index (χ0n) is 11.5. The average molecular weight is 278 g/mol. The molecule has 0 fully saturated rings. The first-order valence-electron chi connectivity index (χ1n) is 6.52. The first-order valence-corrected chi connectivity index (χ1v) is 6.52. The Morgan fingerprint density at radius 1 is 1.50 bits per heavy atom. The molecule has 0 aliphatic carbocycles. The van der Waals surface area contributed by atoms with Gasteiger partial charge in [-0.25, -0.2) is 4.39 Å². The minimum atomic E-state index is -0.596. The van der Waals surface area contributed by atoms with Crippen LogP contribution in [0.5, 0.6) is 0 Å². The summed E-state index contributed by atoms with van der Waals surface area (Å²) in [4.78, 5) is 13.7. The van der Waals surface area contributed by atoms with Crippen molar-refractivity contribution in [2.24, 2.45) is 5.73 Å². The number of halogens is 1. The quantitative estimate of drug-likeness (QED) is 0.789. The number of nitrogens with zero attached hydrogens (tertiary/aromatic N) is 1. The van der Waals surface area contributed by atoms with E-state index in [4.69, 9.17) is 10.8 Å². The number of aliphatic hydroxyl groups excluding tert-OH is 1. The van der Waals surface area contributed by atoms with E-state index in [2.05, 4.69) is 11.8 Å². The summed E-state index contributed by atoms with van der Waals surface area (Å²) in [5, 5.41) is 8.80. The second-order valence-corrected chi connectivity index (χ2v) is 4.16. The molecule has 0 aromatic heterocycles. The summed E-state index contributed by atoms with van der Waals surface area (Å²) in [6, 6.07) is 4.26. The molecule has 1 aromatic carbocycles. The number of aliphatic hydroxyl groups is 1. The Hall–Kier alpha value is -1.90. The number of hydrogen-bond acceptors (Lipinski definition) is 3. The van der Waals surface area contributed by atoms with Crippen LogP contribution in [-0.2, 0) is 0 Å². The smallest absolute Gasteiger partial charge is 0.256 e. The lowest BCUT2D eigenvalue weighted by Gasteiger charge is -2.20. The van der Waals surface area contributed by atoms with Gasteiger partial charge in [0.05, 0.1) is 12.1 Å². The highest BCUT2D eigenvalue weighted by atomic mass is 19.1. The third-order valence-electron chi connectivity index (χ3n) is 2.79. The first kappa shape index (κ1) is 16.2. The van der Waals surface area contributed by atoms with Crippen LogP contribution in [0, 0.1) is 17.7 Å². The minimum absolute atomic E-state index is 0.000121. The summed E-state index contributed by atoms with van der Waals surface area (Å²) in [5.74, 6) is 4.37. The van der Waals surface area contributed by atoms with Crippen molar-refractivity contribution in [3.05, 3.63) is 35.1 Å². The molecule has 0 aliphatic heterocycles. The maximum atomic E-state index is 14.0. The topological polar surface area (TPSA) is 66.6 Å². The minimum Gasteiger partial charge on any atom is -0.396 e. The molecule has 0 radical (unpaired) electrons. The van der Waals surface area contributed by atoms with Crippen LogP contribution in [0.2, 0.25) is 0 Å². The molecule has 1 rings (SSSR count). The second-order valence-electron chi connectivity index (χ2n) is 4.16. The van der Waals surface area contributed by atoms with Crippen LogP contribution in [0.25, 0.3) is 0 Å². The van der Waals surface area contributed by atoms with Crippen LogP contribution in [-0.4, -0.2) is 42.2 Å². The predicted molar refractivity (Wildman–Crippen MR) is 75.6 cm³/mol. The van der Waals surface area contributed by atoms with E-state index in [0.29, 0.717) is 25.1 Å². The zero-order chi connectivity index (χ0) is 15.0. The van der Waals surface area contributed by atoms with Gasteiger partial charge in [-0.05, 0) is 31.5 Å². The molecule has 0 spiro atoms. The van der Waals surface area contributed by atoms with Crippen molar-refractivity contribution in [1.82, 2.24) is 4.90 Å². The number of rotatable bonds is 5. The second kappa shape index (κ2) is 8.31. The largest absolute Gasteiger partial charge is 0.396 e. The molecule has 20 heavy (non-hydrogen) atoms. The number of benzene rings is 1. The Bertz CT molecular complexity index is 520. The summed E-state index contributed by atoms with van der Waals surface area (Å²) in [6.07, 6.45) is 0.473. The Kier molecular flexibility index (Phi) is 6.71. The van der Waals surface area contributed by atoms with Crippen LogP contribution in [0.1, 0.15) is 29.3 Å². The van der Waals surface area contributed by atoms with Gasteiger partial charge in [-0.3, -0.25) is 4.79 Å². The van der Waals surface area contributed by atoms with Crippen molar-refractivity contribution in [2.75, 3.05) is 26.2 Å². The highest BCUT2D eigenvalue weighted by molar-refractivity contribution is 5.94.